The van der Waals surface area contributed by atoms with Crippen LogP contribution in [0.15, 0.2) is 41.2 Å². The molecule has 5 heteroatoms. The van der Waals surface area contributed by atoms with Crippen molar-refractivity contribution < 1.29 is 9.59 Å². The number of amides is 1. The number of primary amides is 1. The van der Waals surface area contributed by atoms with Crippen LogP contribution >= 0.6 is 0 Å². The Bertz CT molecular complexity index is 390. The molecule has 0 unspecified atom stereocenters. The van der Waals surface area contributed by atoms with Crippen LogP contribution in [-0.2, 0) is 9.59 Å². The molecule has 0 saturated heterocycles. The predicted octanol–water partition coefficient (Wildman–Crippen LogP) is 0.434. The average Bonchev–Trinajstić information content (AvgIpc) is 2.16. The van der Waals surface area contributed by atoms with E-state index in [4.69, 9.17) is 11.5 Å². The number of hydrogen-bond donors (Lipinski definition) is 2. The molecule has 0 bridgehead atoms. The molecule has 0 aliphatic rings. The second kappa shape index (κ2) is 7.17. The maximum atomic E-state index is 10.9. The van der Waals surface area contributed by atoms with E-state index in [-0.39, 0.29) is 11.5 Å². The summed E-state index contributed by atoms with van der Waals surface area (Å²) in [6.07, 6.45) is 7.37. The Balaban J connectivity index is 4.93. The molecule has 0 aromatic heterocycles. The maximum absolute atomic E-state index is 10.9. The minimum atomic E-state index is -0.739. The fourth-order valence-corrected chi connectivity index (χ4v) is 0.837. The van der Waals surface area contributed by atoms with E-state index in [1.165, 1.54) is 13.1 Å². The molecule has 0 heterocycles. The SMILES string of the molecule is CC(=O)\C=C(/N=C(C)/C=C\C=C/N)C(N)=O. The number of hydrogen-bond acceptors (Lipinski definition) is 4. The number of aliphatic imine (C=N–C) groups is 1. The summed E-state index contributed by atoms with van der Waals surface area (Å²) in [5.41, 5.74) is 10.7. The molecule has 0 saturated carbocycles. The Kier molecular flexibility index (Phi) is 6.19. The quantitative estimate of drug-likeness (QED) is 0.400. The third-order valence-electron chi connectivity index (χ3n) is 1.45. The van der Waals surface area contributed by atoms with Gasteiger partial charge in [-0.1, -0.05) is 6.08 Å². The molecule has 0 atom stereocenters. The molecule has 0 aliphatic heterocycles. The Hall–Kier alpha value is -2.17. The number of nitrogens with two attached hydrogens (primary N) is 2. The van der Waals surface area contributed by atoms with Crippen LogP contribution in [0.3, 0.4) is 0 Å². The lowest BCUT2D eigenvalue weighted by Gasteiger charge is -1.96. The minimum absolute atomic E-state index is 0.0635. The topological polar surface area (TPSA) is 98.5 Å². The van der Waals surface area contributed by atoms with Crippen molar-refractivity contribution in [2.24, 2.45) is 16.5 Å². The van der Waals surface area contributed by atoms with E-state index in [0.29, 0.717) is 5.71 Å². The second-order valence-electron chi connectivity index (χ2n) is 3.00. The third-order valence-corrected chi connectivity index (χ3v) is 1.45. The van der Waals surface area contributed by atoms with Crippen LogP contribution in [0.2, 0.25) is 0 Å². The zero-order chi connectivity index (χ0) is 12.6. The number of allylic oxidation sites excluding steroid dienone is 4. The van der Waals surface area contributed by atoms with Crippen molar-refractivity contribution in [3.63, 3.8) is 0 Å². The first-order chi connectivity index (χ1) is 7.47. The molecule has 86 valence electrons. The van der Waals surface area contributed by atoms with E-state index < -0.39 is 5.91 Å². The van der Waals surface area contributed by atoms with E-state index in [1.807, 2.05) is 0 Å². The number of nitrogens with zero attached hydrogens (tertiary/aromatic N) is 1. The van der Waals surface area contributed by atoms with Gasteiger partial charge in [0.05, 0.1) is 0 Å². The van der Waals surface area contributed by atoms with Crippen LogP contribution in [0.1, 0.15) is 13.8 Å². The van der Waals surface area contributed by atoms with Crippen molar-refractivity contribution in [2.75, 3.05) is 0 Å². The zero-order valence-corrected chi connectivity index (χ0v) is 9.31. The smallest absolute Gasteiger partial charge is 0.267 e. The molecule has 0 rings (SSSR count). The summed E-state index contributed by atoms with van der Waals surface area (Å²) in [5, 5.41) is 0. The highest BCUT2D eigenvalue weighted by molar-refractivity contribution is 6.03. The molecule has 0 aromatic carbocycles. The predicted molar refractivity (Wildman–Crippen MR) is 63.5 cm³/mol. The lowest BCUT2D eigenvalue weighted by Crippen LogP contribution is -2.14. The van der Waals surface area contributed by atoms with Crippen LogP contribution in [0, 0.1) is 0 Å². The molecule has 16 heavy (non-hydrogen) atoms. The highest BCUT2D eigenvalue weighted by Crippen LogP contribution is 1.98. The Morgan fingerprint density at radius 1 is 1.19 bits per heavy atom. The fourth-order valence-electron chi connectivity index (χ4n) is 0.837. The second-order valence-corrected chi connectivity index (χ2v) is 3.00. The molecule has 0 aromatic rings. The van der Waals surface area contributed by atoms with Gasteiger partial charge >= 0.3 is 0 Å². The summed E-state index contributed by atoms with van der Waals surface area (Å²) in [7, 11) is 0. The van der Waals surface area contributed by atoms with Crippen LogP contribution in [-0.4, -0.2) is 17.4 Å². The van der Waals surface area contributed by atoms with Crippen LogP contribution < -0.4 is 11.5 Å². The minimum Gasteiger partial charge on any atom is -0.405 e. The first kappa shape index (κ1) is 13.8. The van der Waals surface area contributed by atoms with E-state index >= 15 is 0 Å². The van der Waals surface area contributed by atoms with Gasteiger partial charge in [0, 0.05) is 11.8 Å². The van der Waals surface area contributed by atoms with Crippen molar-refractivity contribution in [1.82, 2.24) is 0 Å². The third kappa shape index (κ3) is 6.31. The van der Waals surface area contributed by atoms with Gasteiger partial charge in [-0.15, -0.1) is 0 Å². The summed E-state index contributed by atoms with van der Waals surface area (Å²) in [5.74, 6) is -1.02. The van der Waals surface area contributed by atoms with Crippen molar-refractivity contribution in [3.8, 4) is 0 Å². The van der Waals surface area contributed by atoms with Gasteiger partial charge in [0.25, 0.3) is 5.91 Å². The van der Waals surface area contributed by atoms with Crippen molar-refractivity contribution in [3.05, 3.63) is 36.2 Å². The molecule has 0 radical (unpaired) electrons. The van der Waals surface area contributed by atoms with Crippen molar-refractivity contribution in [2.45, 2.75) is 13.8 Å². The summed E-state index contributed by atoms with van der Waals surface area (Å²) < 4.78 is 0. The van der Waals surface area contributed by atoms with Gasteiger partial charge in [-0.2, -0.15) is 0 Å². The summed E-state index contributed by atoms with van der Waals surface area (Å²) in [6, 6.07) is 0. The van der Waals surface area contributed by atoms with Crippen molar-refractivity contribution >= 4 is 17.4 Å². The number of carbonyl (C=O) groups excluding carboxylic acids is 2. The van der Waals surface area contributed by atoms with Gasteiger partial charge in [-0.25, -0.2) is 4.99 Å². The molecule has 4 N–H and O–H groups in total. The van der Waals surface area contributed by atoms with Gasteiger partial charge in [0.1, 0.15) is 5.70 Å². The monoisotopic (exact) mass is 221 g/mol. The van der Waals surface area contributed by atoms with E-state index in [1.54, 1.807) is 25.2 Å². The van der Waals surface area contributed by atoms with Gasteiger partial charge in [0.2, 0.25) is 0 Å². The maximum Gasteiger partial charge on any atom is 0.267 e. The van der Waals surface area contributed by atoms with Crippen molar-refractivity contribution in [1.29, 1.82) is 0 Å². The van der Waals surface area contributed by atoms with Crippen LogP contribution in [0.5, 0.6) is 0 Å². The number of carbonyl (C=O) groups is 2. The summed E-state index contributed by atoms with van der Waals surface area (Å²) >= 11 is 0. The normalized spacial score (nSPS) is 13.6. The lowest BCUT2D eigenvalue weighted by molar-refractivity contribution is -0.116. The van der Waals surface area contributed by atoms with Gasteiger partial charge in [-0.3, -0.25) is 9.59 Å². The standard InChI is InChI=1S/C11H15N3O2/c1-8(5-3-4-6-12)14-10(11(13)16)7-9(2)15/h3-7H,12H2,1-2H3,(H2,13,16)/b5-3-,6-4-,10-7-,14-8+. The Morgan fingerprint density at radius 2 is 1.81 bits per heavy atom. The van der Waals surface area contributed by atoms with E-state index in [2.05, 4.69) is 4.99 Å². The largest absolute Gasteiger partial charge is 0.405 e. The summed E-state index contributed by atoms with van der Waals surface area (Å²) in [4.78, 5) is 25.6. The van der Waals surface area contributed by atoms with Gasteiger partial charge in [0.15, 0.2) is 5.78 Å². The van der Waals surface area contributed by atoms with Gasteiger partial charge in [-0.05, 0) is 32.2 Å². The fraction of sp³-hybridized carbons (Fsp3) is 0.182. The lowest BCUT2D eigenvalue weighted by atomic mass is 10.3. The highest BCUT2D eigenvalue weighted by atomic mass is 16.1. The molecule has 5 nitrogen and oxygen atoms in total. The Morgan fingerprint density at radius 3 is 2.25 bits per heavy atom. The molecule has 0 aliphatic carbocycles. The molecule has 0 spiro atoms. The number of rotatable bonds is 5. The first-order valence-electron chi connectivity index (χ1n) is 4.59. The summed E-state index contributed by atoms with van der Waals surface area (Å²) in [6.45, 7) is 3.00. The first-order valence-corrected chi connectivity index (χ1v) is 4.59. The molecule has 1 amide bonds. The zero-order valence-electron chi connectivity index (χ0n) is 9.31. The average molecular weight is 221 g/mol. The Labute approximate surface area is 94.2 Å². The molecule has 0 fully saturated rings. The molecular formula is C11H15N3O2. The molecular weight excluding hydrogens is 206 g/mol. The highest BCUT2D eigenvalue weighted by Gasteiger charge is 2.03. The van der Waals surface area contributed by atoms with E-state index in [0.717, 1.165) is 6.08 Å². The number of ketones is 1. The van der Waals surface area contributed by atoms with Gasteiger partial charge < -0.3 is 11.5 Å². The van der Waals surface area contributed by atoms with Crippen LogP contribution in [0.25, 0.3) is 0 Å². The van der Waals surface area contributed by atoms with E-state index in [9.17, 15) is 9.59 Å². The van der Waals surface area contributed by atoms with Crippen LogP contribution in [0.4, 0.5) is 0 Å².